The first-order valence-electron chi connectivity index (χ1n) is 2.49. The maximum Gasteiger partial charge on any atom is 4.00 e. The molecule has 0 aliphatic carbocycles. The minimum Gasteiger partial charge on any atom is -1.00 e. The summed E-state index contributed by atoms with van der Waals surface area (Å²) in [5.74, 6) is 4.09. The summed E-state index contributed by atoms with van der Waals surface area (Å²) in [6, 6.07) is 0. The average Bonchev–Trinajstić information content (AvgIpc) is 2.44. The van der Waals surface area contributed by atoms with Gasteiger partial charge in [0.1, 0.15) is 0 Å². The van der Waals surface area contributed by atoms with E-state index in [1.165, 1.54) is 31.2 Å². The fraction of sp³-hybridized carbons (Fsp3) is 0. The summed E-state index contributed by atoms with van der Waals surface area (Å²) < 4.78 is 7.54. The van der Waals surface area contributed by atoms with Gasteiger partial charge in [-0.2, -0.15) is 0 Å². The van der Waals surface area contributed by atoms with Crippen LogP contribution in [0.5, 0.6) is 0 Å². The zero-order chi connectivity index (χ0) is 7.66. The first-order valence-corrected chi connectivity index (χ1v) is 9.21. The molecule has 7 heteroatoms. The second kappa shape index (κ2) is 24.2. The third kappa shape index (κ3) is 25.3. The van der Waals surface area contributed by atoms with E-state index in [1.807, 2.05) is 9.84 Å². The Kier molecular flexibility index (Phi) is 46.5. The van der Waals surface area contributed by atoms with E-state index in [0.29, 0.717) is 0 Å². The Bertz CT molecular complexity index is 161. The van der Waals surface area contributed by atoms with Crippen LogP contribution in [0.4, 0.5) is 0 Å². The molecule has 69 valence electrons. The van der Waals surface area contributed by atoms with Crippen molar-refractivity contribution in [3.8, 4) is 0 Å². The molecule has 13 heavy (non-hydrogen) atoms. The van der Waals surface area contributed by atoms with Crippen LogP contribution in [0.2, 0.25) is 0 Å². The van der Waals surface area contributed by atoms with Gasteiger partial charge in [0.15, 0.2) is 0 Å². The van der Waals surface area contributed by atoms with Crippen molar-refractivity contribution < 1.29 is 51.0 Å². The van der Waals surface area contributed by atoms with Crippen LogP contribution in [0.1, 0.15) is 0 Å². The van der Waals surface area contributed by atoms with Crippen molar-refractivity contribution in [2.45, 2.75) is 0 Å². The third-order valence-electron chi connectivity index (χ3n) is 0.522. The molecule has 0 nitrogen and oxygen atoms in total. The molecule has 0 aromatic carbocycles. The van der Waals surface area contributed by atoms with Gasteiger partial charge in [-0.25, -0.2) is 0 Å². The minimum atomic E-state index is -0.114. The Morgan fingerprint density at radius 1 is 1.54 bits per heavy atom. The Morgan fingerprint density at radius 3 is 2.23 bits per heavy atom. The van der Waals surface area contributed by atoms with E-state index in [1.54, 1.807) is 0 Å². The number of hydrogen-bond donors (Lipinski definition) is 0. The van der Waals surface area contributed by atoms with Crippen molar-refractivity contribution in [3.05, 3.63) is 19.7 Å². The van der Waals surface area contributed by atoms with Gasteiger partial charge in [-0.1, -0.05) is 0 Å². The second-order valence-electron chi connectivity index (χ2n) is 1.17. The Balaban J connectivity index is -0.0000000506. The van der Waals surface area contributed by atoms with Crippen LogP contribution in [0, 0.1) is 0 Å². The van der Waals surface area contributed by atoms with Crippen molar-refractivity contribution in [2.75, 3.05) is 0 Å². The molecule has 0 bridgehead atoms. The zero-order valence-corrected chi connectivity index (χ0v) is 18.0. The van der Waals surface area contributed by atoms with Crippen molar-refractivity contribution in [1.82, 2.24) is 0 Å². The van der Waals surface area contributed by atoms with Gasteiger partial charge in [-0.05, 0) is 0 Å². The maximum absolute atomic E-state index is 5.04. The number of halogens is 2. The van der Waals surface area contributed by atoms with Gasteiger partial charge >= 0.3 is 117 Å². The molecule has 0 N–H and O–H groups in total. The molecule has 1 heterocycles. The standard InChI is InChI=1S/C3H3P.C3H2P.2ClH.2Sb.Zr.2H/c2*1-3-4-2;;;;;;;/h1-3H;1,3H;2*1H;;;;;/q2*-1;;;;;+4;;/p-2. The summed E-state index contributed by atoms with van der Waals surface area (Å²) in [4.78, 5) is 0. The largest absolute Gasteiger partial charge is 4.00 e. The SMILES string of the molecule is [C-]1=PC=[CH][SbH]1.[CH-]=PC=[CH][SbH].[Cl-].[Cl-].[Zr+4]. The van der Waals surface area contributed by atoms with Crippen LogP contribution in [0.15, 0.2) is 19.7 Å². The Labute approximate surface area is 139 Å². The first kappa shape index (κ1) is 24.9. The number of hydrogen-bond acceptors (Lipinski definition) is 0. The summed E-state index contributed by atoms with van der Waals surface area (Å²) >= 11 is 1.30. The molecule has 0 unspecified atom stereocenters. The normalized spacial score (nSPS) is 12.1. The summed E-state index contributed by atoms with van der Waals surface area (Å²) in [5, 5.41) is 0. The van der Waals surface area contributed by atoms with Gasteiger partial charge in [0.2, 0.25) is 0 Å². The molecule has 0 saturated heterocycles. The first-order chi connectivity index (χ1) is 4.91. The summed E-state index contributed by atoms with van der Waals surface area (Å²) in [7, 11) is 2.21. The molecule has 0 aromatic heterocycles. The fourth-order valence-corrected chi connectivity index (χ4v) is 4.62. The van der Waals surface area contributed by atoms with Gasteiger partial charge in [-0.3, -0.25) is 0 Å². The van der Waals surface area contributed by atoms with Crippen LogP contribution in [0.3, 0.4) is 0 Å². The monoisotopic (exact) mass is 543 g/mol. The molecule has 0 amide bonds. The van der Waals surface area contributed by atoms with Gasteiger partial charge in [-0.15, -0.1) is 0 Å². The van der Waals surface area contributed by atoms with E-state index in [4.69, 9.17) is 6.30 Å². The number of rotatable bonds is 1. The van der Waals surface area contributed by atoms with Crippen LogP contribution >= 0.6 is 16.4 Å². The van der Waals surface area contributed by atoms with E-state index in [-0.39, 0.29) is 72.6 Å². The van der Waals surface area contributed by atoms with E-state index < -0.39 is 0 Å². The van der Waals surface area contributed by atoms with Crippen molar-refractivity contribution in [2.24, 2.45) is 0 Å². The van der Waals surface area contributed by atoms with Crippen molar-refractivity contribution >= 4 is 71.1 Å². The Morgan fingerprint density at radius 2 is 2.15 bits per heavy atom. The van der Waals surface area contributed by atoms with Gasteiger partial charge < -0.3 is 24.8 Å². The molecule has 0 aromatic rings. The molecule has 0 atom stereocenters. The van der Waals surface area contributed by atoms with Crippen LogP contribution in [-0.4, -0.2) is 54.7 Å². The quantitative estimate of drug-likeness (QED) is 0.176. The average molecular weight is 547 g/mol. The molecule has 1 rings (SSSR count). The molecule has 0 saturated carbocycles. The molecule has 1 aliphatic rings. The van der Waals surface area contributed by atoms with Gasteiger partial charge in [0, 0.05) is 0 Å². The zero-order valence-electron chi connectivity index (χ0n) is 6.54. The minimum absolute atomic E-state index is 0. The van der Waals surface area contributed by atoms with E-state index in [0.717, 1.165) is 8.20 Å². The van der Waals surface area contributed by atoms with Gasteiger partial charge in [0.05, 0.1) is 0 Å². The predicted octanol–water partition coefficient (Wildman–Crippen LogP) is -4.89. The molecule has 0 fully saturated rings. The topological polar surface area (TPSA) is 0 Å². The second-order valence-corrected chi connectivity index (χ2v) is 7.18. The molecular formula is C6H7Cl2P2Sb2Zr. The molecular weight excluding hydrogens is 540 g/mol. The Hall–Kier alpha value is 2.92. The van der Waals surface area contributed by atoms with Crippen LogP contribution in [0.25, 0.3) is 0 Å². The molecule has 1 aliphatic heterocycles. The van der Waals surface area contributed by atoms with E-state index in [9.17, 15) is 0 Å². The summed E-state index contributed by atoms with van der Waals surface area (Å²) in [5.41, 5.74) is 0. The third-order valence-corrected chi connectivity index (χ3v) is 6.64. The smallest absolute Gasteiger partial charge is 1.00 e. The summed E-state index contributed by atoms with van der Waals surface area (Å²) in [6.45, 7) is 0. The maximum atomic E-state index is 5.04. The molecule has 0 spiro atoms. The predicted molar refractivity (Wildman–Crippen MR) is 57.5 cm³/mol. The summed E-state index contributed by atoms with van der Waals surface area (Å²) in [6.07, 6.45) is 5.04. The molecule has 1 radical (unpaired) electrons. The van der Waals surface area contributed by atoms with E-state index >= 15 is 0 Å². The van der Waals surface area contributed by atoms with Gasteiger partial charge in [0.25, 0.3) is 0 Å². The van der Waals surface area contributed by atoms with Crippen molar-refractivity contribution in [1.29, 1.82) is 0 Å². The van der Waals surface area contributed by atoms with Crippen LogP contribution in [-0.2, 0) is 26.2 Å². The fourth-order valence-electron chi connectivity index (χ4n) is 0.229. The van der Waals surface area contributed by atoms with Crippen LogP contribution < -0.4 is 24.8 Å². The van der Waals surface area contributed by atoms with Crippen molar-refractivity contribution in [3.63, 3.8) is 0 Å². The van der Waals surface area contributed by atoms with E-state index in [2.05, 4.69) is 13.6 Å².